The standard InChI is InChI=1S/C10H12I2N2O/c11-6-3-7(10(15)8(12)4-6)9-5-13-1-2-14-9/h3-4,9,13-15H,1-2,5H2/t9-/m0/s1. The van der Waals surface area contributed by atoms with Crippen LogP contribution in [0, 0.1) is 7.14 Å². The van der Waals surface area contributed by atoms with E-state index in [0.717, 1.165) is 32.3 Å². The van der Waals surface area contributed by atoms with Gasteiger partial charge in [-0.15, -0.1) is 0 Å². The van der Waals surface area contributed by atoms with Gasteiger partial charge >= 0.3 is 0 Å². The van der Waals surface area contributed by atoms with E-state index in [9.17, 15) is 5.11 Å². The predicted octanol–water partition coefficient (Wildman–Crippen LogP) is 1.84. The van der Waals surface area contributed by atoms with Crippen LogP contribution >= 0.6 is 45.2 Å². The van der Waals surface area contributed by atoms with Gasteiger partial charge in [-0.2, -0.15) is 0 Å². The third kappa shape index (κ3) is 2.75. The monoisotopic (exact) mass is 430 g/mol. The Morgan fingerprint density at radius 1 is 1.27 bits per heavy atom. The lowest BCUT2D eigenvalue weighted by molar-refractivity contribution is 0.403. The third-order valence-electron chi connectivity index (χ3n) is 2.47. The first-order valence-electron chi connectivity index (χ1n) is 4.80. The summed E-state index contributed by atoms with van der Waals surface area (Å²) in [6.07, 6.45) is 0. The Balaban J connectivity index is 2.33. The summed E-state index contributed by atoms with van der Waals surface area (Å²) in [4.78, 5) is 0. The zero-order valence-corrected chi connectivity index (χ0v) is 12.4. The average molecular weight is 430 g/mol. The van der Waals surface area contributed by atoms with E-state index in [1.807, 2.05) is 12.1 Å². The summed E-state index contributed by atoms with van der Waals surface area (Å²) in [5, 5.41) is 16.7. The van der Waals surface area contributed by atoms with Crippen molar-refractivity contribution in [3.63, 3.8) is 0 Å². The van der Waals surface area contributed by atoms with Crippen LogP contribution < -0.4 is 10.6 Å². The fraction of sp³-hybridized carbons (Fsp3) is 0.400. The van der Waals surface area contributed by atoms with Crippen LogP contribution in [0.5, 0.6) is 5.75 Å². The SMILES string of the molecule is Oc1c(I)cc(I)cc1[C@@H]1CNCCN1. The number of hydrogen-bond acceptors (Lipinski definition) is 3. The number of rotatable bonds is 1. The number of benzene rings is 1. The van der Waals surface area contributed by atoms with Crippen LogP contribution in [-0.4, -0.2) is 24.7 Å². The zero-order valence-electron chi connectivity index (χ0n) is 8.06. The normalized spacial score (nSPS) is 21.6. The van der Waals surface area contributed by atoms with Crippen LogP contribution in [0.3, 0.4) is 0 Å². The molecule has 3 N–H and O–H groups in total. The summed E-state index contributed by atoms with van der Waals surface area (Å²) in [6, 6.07) is 4.25. The minimum Gasteiger partial charge on any atom is -0.506 e. The molecule has 0 bridgehead atoms. The van der Waals surface area contributed by atoms with Gasteiger partial charge in [0.15, 0.2) is 0 Å². The molecule has 1 fully saturated rings. The van der Waals surface area contributed by atoms with Gasteiger partial charge < -0.3 is 15.7 Å². The van der Waals surface area contributed by atoms with Gasteiger partial charge in [0, 0.05) is 34.8 Å². The van der Waals surface area contributed by atoms with Crippen LogP contribution in [0.15, 0.2) is 12.1 Å². The molecule has 3 nitrogen and oxygen atoms in total. The minimum atomic E-state index is 0.224. The molecular formula is C10H12I2N2O. The molecule has 1 aromatic rings. The lowest BCUT2D eigenvalue weighted by Crippen LogP contribution is -2.42. The molecule has 2 rings (SSSR count). The molecule has 0 radical (unpaired) electrons. The second-order valence-electron chi connectivity index (χ2n) is 3.54. The van der Waals surface area contributed by atoms with Crippen molar-refractivity contribution < 1.29 is 5.11 Å². The van der Waals surface area contributed by atoms with Gasteiger partial charge in [0.1, 0.15) is 5.75 Å². The Hall–Kier alpha value is 0.400. The van der Waals surface area contributed by atoms with Crippen molar-refractivity contribution in [2.24, 2.45) is 0 Å². The molecule has 1 aliphatic heterocycles. The molecule has 1 atom stereocenters. The molecule has 5 heteroatoms. The first-order chi connectivity index (χ1) is 7.18. The predicted molar refractivity (Wildman–Crippen MR) is 77.2 cm³/mol. The first-order valence-corrected chi connectivity index (χ1v) is 6.96. The van der Waals surface area contributed by atoms with E-state index in [2.05, 4.69) is 55.8 Å². The molecule has 0 aliphatic carbocycles. The highest BCUT2D eigenvalue weighted by molar-refractivity contribution is 14.1. The smallest absolute Gasteiger partial charge is 0.133 e. The van der Waals surface area contributed by atoms with Gasteiger partial charge in [0.2, 0.25) is 0 Å². The molecule has 0 spiro atoms. The van der Waals surface area contributed by atoms with Crippen molar-refractivity contribution in [2.75, 3.05) is 19.6 Å². The second kappa shape index (κ2) is 5.15. The zero-order chi connectivity index (χ0) is 10.8. The number of piperazine rings is 1. The van der Waals surface area contributed by atoms with Crippen LogP contribution in [-0.2, 0) is 0 Å². The van der Waals surface area contributed by atoms with Crippen molar-refractivity contribution in [2.45, 2.75) is 6.04 Å². The third-order valence-corrected chi connectivity index (χ3v) is 3.92. The summed E-state index contributed by atoms with van der Waals surface area (Å²) >= 11 is 4.45. The molecule has 0 amide bonds. The molecule has 0 saturated carbocycles. The lowest BCUT2D eigenvalue weighted by atomic mass is 10.0. The number of halogens is 2. The Labute approximate surface area is 116 Å². The molecule has 1 saturated heterocycles. The van der Waals surface area contributed by atoms with E-state index in [1.54, 1.807) is 0 Å². The summed E-state index contributed by atoms with van der Waals surface area (Å²) in [6.45, 7) is 2.83. The molecule has 0 aromatic heterocycles. The maximum atomic E-state index is 10.00. The van der Waals surface area contributed by atoms with Gasteiger partial charge in [-0.1, -0.05) is 0 Å². The van der Waals surface area contributed by atoms with E-state index in [0.29, 0.717) is 5.75 Å². The molecule has 15 heavy (non-hydrogen) atoms. The summed E-state index contributed by atoms with van der Waals surface area (Å²) in [5.41, 5.74) is 0.999. The van der Waals surface area contributed by atoms with Crippen molar-refractivity contribution in [3.05, 3.63) is 24.8 Å². The molecule has 1 aliphatic rings. The van der Waals surface area contributed by atoms with Gasteiger partial charge in [0.05, 0.1) is 3.57 Å². The fourth-order valence-corrected chi connectivity index (χ4v) is 3.61. The van der Waals surface area contributed by atoms with E-state index < -0.39 is 0 Å². The van der Waals surface area contributed by atoms with Crippen LogP contribution in [0.2, 0.25) is 0 Å². The number of aromatic hydroxyl groups is 1. The Morgan fingerprint density at radius 2 is 2.07 bits per heavy atom. The number of phenols is 1. The fourth-order valence-electron chi connectivity index (χ4n) is 1.72. The second-order valence-corrected chi connectivity index (χ2v) is 5.94. The maximum absolute atomic E-state index is 10.00. The highest BCUT2D eigenvalue weighted by Crippen LogP contribution is 2.31. The molecule has 1 heterocycles. The van der Waals surface area contributed by atoms with Crippen LogP contribution in [0.25, 0.3) is 0 Å². The highest BCUT2D eigenvalue weighted by atomic mass is 127. The maximum Gasteiger partial charge on any atom is 0.133 e. The molecule has 1 aromatic carbocycles. The van der Waals surface area contributed by atoms with Crippen molar-refractivity contribution in [1.29, 1.82) is 0 Å². The average Bonchev–Trinajstić information content (AvgIpc) is 2.24. The van der Waals surface area contributed by atoms with Crippen molar-refractivity contribution in [1.82, 2.24) is 10.6 Å². The largest absolute Gasteiger partial charge is 0.506 e. The van der Waals surface area contributed by atoms with Gasteiger partial charge in [-0.3, -0.25) is 0 Å². The van der Waals surface area contributed by atoms with E-state index in [4.69, 9.17) is 0 Å². The van der Waals surface area contributed by atoms with E-state index >= 15 is 0 Å². The number of nitrogens with one attached hydrogen (secondary N) is 2. The quantitative estimate of drug-likeness (QED) is 0.597. The lowest BCUT2D eigenvalue weighted by Gasteiger charge is -2.26. The summed E-state index contributed by atoms with van der Waals surface area (Å²) in [5.74, 6) is 0.414. The van der Waals surface area contributed by atoms with Gasteiger partial charge in [0.25, 0.3) is 0 Å². The van der Waals surface area contributed by atoms with Crippen molar-refractivity contribution in [3.8, 4) is 5.75 Å². The first kappa shape index (κ1) is 11.9. The van der Waals surface area contributed by atoms with Crippen molar-refractivity contribution >= 4 is 45.2 Å². The van der Waals surface area contributed by atoms with E-state index in [-0.39, 0.29) is 6.04 Å². The molecule has 0 unspecified atom stereocenters. The van der Waals surface area contributed by atoms with Gasteiger partial charge in [-0.05, 0) is 57.3 Å². The van der Waals surface area contributed by atoms with Gasteiger partial charge in [-0.25, -0.2) is 0 Å². The number of phenolic OH excluding ortho intramolecular Hbond substituents is 1. The minimum absolute atomic E-state index is 0.224. The summed E-state index contributed by atoms with van der Waals surface area (Å²) < 4.78 is 2.08. The Kier molecular flexibility index (Phi) is 4.08. The van der Waals surface area contributed by atoms with Crippen LogP contribution in [0.4, 0.5) is 0 Å². The summed E-state index contributed by atoms with van der Waals surface area (Å²) in [7, 11) is 0. The molecular weight excluding hydrogens is 418 g/mol. The topological polar surface area (TPSA) is 44.3 Å². The van der Waals surface area contributed by atoms with Crippen LogP contribution in [0.1, 0.15) is 11.6 Å². The number of hydrogen-bond donors (Lipinski definition) is 3. The Bertz CT molecular complexity index is 365. The highest BCUT2D eigenvalue weighted by Gasteiger charge is 2.19. The van der Waals surface area contributed by atoms with E-state index in [1.165, 1.54) is 0 Å². The molecule has 82 valence electrons. The Morgan fingerprint density at radius 3 is 2.73 bits per heavy atom.